The number of thiophene rings is 1. The number of aliphatic imine (C=N–C) groups is 1. The van der Waals surface area contributed by atoms with Gasteiger partial charge in [-0.1, -0.05) is 13.0 Å². The van der Waals surface area contributed by atoms with E-state index in [9.17, 15) is 4.79 Å². The summed E-state index contributed by atoms with van der Waals surface area (Å²) in [5.74, 6) is 1.73. The fourth-order valence-corrected chi connectivity index (χ4v) is 4.38. The molecular formula is C21H32IN5O2S. The molecule has 4 N–H and O–H groups in total. The van der Waals surface area contributed by atoms with Crippen molar-refractivity contribution < 1.29 is 9.21 Å². The van der Waals surface area contributed by atoms with Gasteiger partial charge in [0.2, 0.25) is 0 Å². The third kappa shape index (κ3) is 6.98. The van der Waals surface area contributed by atoms with Crippen LogP contribution in [0.1, 0.15) is 53.9 Å². The number of nitrogens with two attached hydrogens (primary N) is 1. The first-order valence-electron chi connectivity index (χ1n) is 10.2. The Morgan fingerprint density at radius 3 is 2.70 bits per heavy atom. The van der Waals surface area contributed by atoms with Gasteiger partial charge in [0.05, 0.1) is 6.04 Å². The minimum Gasteiger partial charge on any atom is -0.454 e. The molecule has 3 rings (SSSR count). The number of primary amides is 1. The van der Waals surface area contributed by atoms with Crippen molar-refractivity contribution in [2.75, 3.05) is 26.2 Å². The molecule has 1 atom stereocenters. The molecule has 0 aromatic carbocycles. The largest absolute Gasteiger partial charge is 0.454 e. The number of halogens is 1. The molecule has 30 heavy (non-hydrogen) atoms. The first kappa shape index (κ1) is 24.7. The SMILES string of the molecule is CCNC(=NCc1ccc(C(N)=O)o1)NCC(c1cccs1)N1CCC(C)CC1.I. The minimum atomic E-state index is -0.570. The van der Waals surface area contributed by atoms with Gasteiger partial charge in [0.15, 0.2) is 11.7 Å². The molecule has 0 bridgehead atoms. The summed E-state index contributed by atoms with van der Waals surface area (Å²) in [6, 6.07) is 7.98. The maximum atomic E-state index is 11.2. The Labute approximate surface area is 199 Å². The van der Waals surface area contributed by atoms with Crippen LogP contribution in [0.5, 0.6) is 0 Å². The number of rotatable bonds is 8. The van der Waals surface area contributed by atoms with Gasteiger partial charge in [-0.05, 0) is 62.4 Å². The number of carbonyl (C=O) groups is 1. The molecule has 1 saturated heterocycles. The third-order valence-electron chi connectivity index (χ3n) is 5.24. The molecule has 1 aliphatic rings. The maximum Gasteiger partial charge on any atom is 0.284 e. The third-order valence-corrected chi connectivity index (χ3v) is 6.21. The molecule has 9 heteroatoms. The summed E-state index contributed by atoms with van der Waals surface area (Å²) in [6.07, 6.45) is 2.49. The van der Waals surface area contributed by atoms with E-state index in [0.717, 1.165) is 38.1 Å². The summed E-state index contributed by atoms with van der Waals surface area (Å²) in [5.41, 5.74) is 5.24. The standard InChI is InChI=1S/C21H31N5O2S.HI/c1-3-23-21(24-13-16-6-7-18(28-16)20(22)27)25-14-17(19-5-4-12-29-19)26-10-8-15(2)9-11-26;/h4-7,12,15,17H,3,8-11,13-14H2,1-2H3,(H2,22,27)(H2,23,24,25);1H. The number of amides is 1. The van der Waals surface area contributed by atoms with Crippen LogP contribution in [0, 0.1) is 5.92 Å². The fraction of sp³-hybridized carbons (Fsp3) is 0.524. The second kappa shape index (κ2) is 12.3. The first-order valence-corrected chi connectivity index (χ1v) is 11.1. The highest BCUT2D eigenvalue weighted by molar-refractivity contribution is 14.0. The van der Waals surface area contributed by atoms with Crippen molar-refractivity contribution in [3.05, 3.63) is 46.0 Å². The van der Waals surface area contributed by atoms with E-state index < -0.39 is 5.91 Å². The van der Waals surface area contributed by atoms with E-state index in [-0.39, 0.29) is 29.7 Å². The van der Waals surface area contributed by atoms with Crippen molar-refractivity contribution in [3.63, 3.8) is 0 Å². The van der Waals surface area contributed by atoms with Crippen molar-refractivity contribution in [2.45, 2.75) is 39.3 Å². The predicted molar refractivity (Wildman–Crippen MR) is 132 cm³/mol. The van der Waals surface area contributed by atoms with Gasteiger partial charge < -0.3 is 20.8 Å². The predicted octanol–water partition coefficient (Wildman–Crippen LogP) is 3.59. The summed E-state index contributed by atoms with van der Waals surface area (Å²) >= 11 is 1.81. The second-order valence-corrected chi connectivity index (χ2v) is 8.44. The highest BCUT2D eigenvalue weighted by atomic mass is 127. The van der Waals surface area contributed by atoms with Crippen LogP contribution in [0.15, 0.2) is 39.1 Å². The summed E-state index contributed by atoms with van der Waals surface area (Å²) in [5, 5.41) is 8.91. The van der Waals surface area contributed by atoms with Crippen LogP contribution < -0.4 is 16.4 Å². The molecule has 166 valence electrons. The van der Waals surface area contributed by atoms with Crippen LogP contribution in [-0.4, -0.2) is 42.9 Å². The van der Waals surface area contributed by atoms with E-state index in [2.05, 4.69) is 45.0 Å². The van der Waals surface area contributed by atoms with Gasteiger partial charge >= 0.3 is 0 Å². The number of likely N-dealkylation sites (tertiary alicyclic amines) is 1. The zero-order chi connectivity index (χ0) is 20.6. The lowest BCUT2D eigenvalue weighted by Gasteiger charge is -2.36. The molecule has 7 nitrogen and oxygen atoms in total. The number of nitrogens with one attached hydrogen (secondary N) is 2. The average Bonchev–Trinajstić information content (AvgIpc) is 3.40. The van der Waals surface area contributed by atoms with Gasteiger partial charge in [-0.3, -0.25) is 9.69 Å². The van der Waals surface area contributed by atoms with Gasteiger partial charge in [-0.15, -0.1) is 35.3 Å². The Balaban J connectivity index is 0.00000320. The highest BCUT2D eigenvalue weighted by Crippen LogP contribution is 2.29. The van der Waals surface area contributed by atoms with Gasteiger partial charge in [0, 0.05) is 18.0 Å². The maximum absolute atomic E-state index is 11.2. The van der Waals surface area contributed by atoms with Crippen LogP contribution in [0.2, 0.25) is 0 Å². The molecule has 1 aliphatic heterocycles. The Bertz CT molecular complexity index is 800. The van der Waals surface area contributed by atoms with Gasteiger partial charge in [0.25, 0.3) is 5.91 Å². The molecule has 1 unspecified atom stereocenters. The van der Waals surface area contributed by atoms with E-state index in [1.165, 1.54) is 17.7 Å². The number of hydrogen-bond donors (Lipinski definition) is 3. The monoisotopic (exact) mass is 545 g/mol. The number of hydrogen-bond acceptors (Lipinski definition) is 5. The number of carbonyl (C=O) groups excluding carboxylic acids is 1. The van der Waals surface area contributed by atoms with Crippen LogP contribution >= 0.6 is 35.3 Å². The molecule has 2 aromatic heterocycles. The zero-order valence-electron chi connectivity index (χ0n) is 17.6. The topological polar surface area (TPSA) is 95.9 Å². The van der Waals surface area contributed by atoms with E-state index >= 15 is 0 Å². The van der Waals surface area contributed by atoms with Crippen LogP contribution in [0.25, 0.3) is 0 Å². The van der Waals surface area contributed by atoms with E-state index in [0.29, 0.717) is 18.3 Å². The lowest BCUT2D eigenvalue weighted by atomic mass is 9.97. The Morgan fingerprint density at radius 1 is 1.33 bits per heavy atom. The van der Waals surface area contributed by atoms with Gasteiger partial charge in [0.1, 0.15) is 12.3 Å². The van der Waals surface area contributed by atoms with Gasteiger partial charge in [-0.2, -0.15) is 0 Å². The average molecular weight is 545 g/mol. The minimum absolute atomic E-state index is 0. The molecule has 2 aromatic rings. The molecule has 0 saturated carbocycles. The quantitative estimate of drug-likeness (QED) is 0.268. The van der Waals surface area contributed by atoms with Crippen molar-refractivity contribution >= 4 is 47.2 Å². The molecule has 3 heterocycles. The van der Waals surface area contributed by atoms with Crippen LogP contribution in [0.3, 0.4) is 0 Å². The molecule has 0 spiro atoms. The highest BCUT2D eigenvalue weighted by Gasteiger charge is 2.25. The lowest BCUT2D eigenvalue weighted by molar-refractivity contribution is 0.0972. The lowest BCUT2D eigenvalue weighted by Crippen LogP contribution is -2.45. The summed E-state index contributed by atoms with van der Waals surface area (Å²) < 4.78 is 5.42. The Hall–Kier alpha value is -1.59. The molecular weight excluding hydrogens is 513 g/mol. The van der Waals surface area contributed by atoms with Crippen molar-refractivity contribution in [3.8, 4) is 0 Å². The summed E-state index contributed by atoms with van der Waals surface area (Å²) in [4.78, 5) is 19.7. The van der Waals surface area contributed by atoms with Crippen molar-refractivity contribution in [2.24, 2.45) is 16.6 Å². The fourth-order valence-electron chi connectivity index (χ4n) is 3.52. The smallest absolute Gasteiger partial charge is 0.284 e. The first-order chi connectivity index (χ1) is 14.1. The van der Waals surface area contributed by atoms with E-state index in [1.807, 2.05) is 6.92 Å². The molecule has 1 amide bonds. The molecule has 0 radical (unpaired) electrons. The molecule has 1 fully saturated rings. The zero-order valence-corrected chi connectivity index (χ0v) is 20.7. The summed E-state index contributed by atoms with van der Waals surface area (Å²) in [7, 11) is 0. The number of guanidine groups is 1. The molecule has 0 aliphatic carbocycles. The summed E-state index contributed by atoms with van der Waals surface area (Å²) in [6.45, 7) is 8.52. The van der Waals surface area contributed by atoms with E-state index in [4.69, 9.17) is 10.2 Å². The van der Waals surface area contributed by atoms with Crippen LogP contribution in [-0.2, 0) is 6.54 Å². The van der Waals surface area contributed by atoms with Crippen LogP contribution in [0.4, 0.5) is 0 Å². The number of nitrogens with zero attached hydrogens (tertiary/aromatic N) is 2. The van der Waals surface area contributed by atoms with E-state index in [1.54, 1.807) is 23.5 Å². The van der Waals surface area contributed by atoms with Crippen molar-refractivity contribution in [1.82, 2.24) is 15.5 Å². The number of furan rings is 1. The normalized spacial score (nSPS) is 16.7. The van der Waals surface area contributed by atoms with Crippen molar-refractivity contribution in [1.29, 1.82) is 0 Å². The van der Waals surface area contributed by atoms with Gasteiger partial charge in [-0.25, -0.2) is 4.99 Å². The Morgan fingerprint density at radius 2 is 2.10 bits per heavy atom. The number of piperidine rings is 1. The Kier molecular flexibility index (Phi) is 10.1. The second-order valence-electron chi connectivity index (χ2n) is 7.46.